The molecular weight excluding hydrogens is 474 g/mol. The molecule has 0 radical (unpaired) electrons. The van der Waals surface area contributed by atoms with Crippen molar-refractivity contribution >= 4 is 28.6 Å². The monoisotopic (exact) mass is 497 g/mol. The molecule has 0 saturated carbocycles. The van der Waals surface area contributed by atoms with Gasteiger partial charge in [0.05, 0.1) is 41.9 Å². The van der Waals surface area contributed by atoms with Crippen molar-refractivity contribution < 1.29 is 27.9 Å². The number of nitrogens with zero attached hydrogens (tertiary/aromatic N) is 2. The van der Waals surface area contributed by atoms with Gasteiger partial charge in [0.1, 0.15) is 17.1 Å². The third-order valence-electron chi connectivity index (χ3n) is 5.69. The highest BCUT2D eigenvalue weighted by Gasteiger charge is 2.24. The largest absolute Gasteiger partial charge is 0.495 e. The van der Waals surface area contributed by atoms with Crippen LogP contribution in [0.5, 0.6) is 5.75 Å². The van der Waals surface area contributed by atoms with Gasteiger partial charge in [-0.3, -0.25) is 4.79 Å². The lowest BCUT2D eigenvalue weighted by Gasteiger charge is -2.17. The van der Waals surface area contributed by atoms with Gasteiger partial charge in [-0.1, -0.05) is 19.1 Å². The lowest BCUT2D eigenvalue weighted by molar-refractivity contribution is -0.124. The predicted octanol–water partition coefficient (Wildman–Crippen LogP) is 5.73. The summed E-state index contributed by atoms with van der Waals surface area (Å²) in [5.41, 5.74) is 2.73. The van der Waals surface area contributed by atoms with Crippen molar-refractivity contribution in [2.24, 2.45) is 0 Å². The van der Waals surface area contributed by atoms with E-state index in [1.54, 1.807) is 86.2 Å². The summed E-state index contributed by atoms with van der Waals surface area (Å²) in [5.74, 6) is 0.444. The van der Waals surface area contributed by atoms with Crippen LogP contribution in [0.4, 0.5) is 5.69 Å². The van der Waals surface area contributed by atoms with Gasteiger partial charge in [0.15, 0.2) is 17.6 Å². The molecule has 0 saturated heterocycles. The highest BCUT2D eigenvalue weighted by Crippen LogP contribution is 2.32. The van der Waals surface area contributed by atoms with Gasteiger partial charge in [-0.25, -0.2) is 14.8 Å². The van der Waals surface area contributed by atoms with Gasteiger partial charge in [0, 0.05) is 0 Å². The molecule has 37 heavy (non-hydrogen) atoms. The first-order chi connectivity index (χ1) is 18.1. The molecule has 1 N–H and O–H groups in total. The first kappa shape index (κ1) is 23.8. The molecule has 1 atom stereocenters. The number of carbonyl (C=O) groups excluding carboxylic acids is 2. The van der Waals surface area contributed by atoms with Crippen LogP contribution < -0.4 is 10.1 Å². The maximum absolute atomic E-state index is 13.0. The fraction of sp³-hybridized carbons (Fsp3) is 0.143. The fourth-order valence-corrected chi connectivity index (χ4v) is 3.83. The summed E-state index contributed by atoms with van der Waals surface area (Å²) in [6.45, 7) is 1.76. The minimum absolute atomic E-state index is 0.237. The standard InChI is InChI=1S/C28H23N3O6/c1-3-21(27(32)31-19-8-4-5-9-22(19)34-2)37-28(33)17-12-13-18-20(16-17)30-26(24-11-7-15-36-24)25(29-18)23-10-6-14-35-23/h4-16,21H,3H2,1-2H3,(H,31,32). The molecule has 5 aromatic rings. The Morgan fingerprint density at radius 3 is 2.19 bits per heavy atom. The van der Waals surface area contributed by atoms with Crippen LogP contribution in [0.15, 0.2) is 88.1 Å². The van der Waals surface area contributed by atoms with Crippen molar-refractivity contribution in [2.75, 3.05) is 12.4 Å². The Hall–Kier alpha value is -4.92. The SMILES string of the molecule is CCC(OC(=O)c1ccc2nc(-c3ccco3)c(-c3ccco3)nc2c1)C(=O)Nc1ccccc1OC. The van der Waals surface area contributed by atoms with E-state index in [2.05, 4.69) is 5.32 Å². The van der Waals surface area contributed by atoms with Crippen LogP contribution in [0.2, 0.25) is 0 Å². The number of carbonyl (C=O) groups is 2. The third-order valence-corrected chi connectivity index (χ3v) is 5.69. The Morgan fingerprint density at radius 2 is 1.57 bits per heavy atom. The normalized spacial score (nSPS) is 11.7. The number of methoxy groups -OCH3 is 1. The van der Waals surface area contributed by atoms with E-state index < -0.39 is 18.0 Å². The molecule has 2 aromatic carbocycles. The maximum Gasteiger partial charge on any atom is 0.338 e. The van der Waals surface area contributed by atoms with E-state index in [-0.39, 0.29) is 12.0 Å². The molecule has 0 aliphatic heterocycles. The molecule has 3 heterocycles. The second-order valence-corrected chi connectivity index (χ2v) is 8.07. The topological polar surface area (TPSA) is 117 Å². The number of rotatable bonds is 8. The molecular formula is C28H23N3O6. The fourth-order valence-electron chi connectivity index (χ4n) is 3.83. The van der Waals surface area contributed by atoms with Crippen LogP contribution in [-0.2, 0) is 9.53 Å². The van der Waals surface area contributed by atoms with Crippen LogP contribution in [-0.4, -0.2) is 35.1 Å². The molecule has 0 aliphatic carbocycles. The van der Waals surface area contributed by atoms with Gasteiger partial charge in [0.25, 0.3) is 5.91 Å². The Bertz CT molecular complexity index is 1540. The van der Waals surface area contributed by atoms with Gasteiger partial charge in [-0.05, 0) is 61.0 Å². The van der Waals surface area contributed by atoms with E-state index in [1.807, 2.05) is 0 Å². The number of ether oxygens (including phenoxy) is 2. The number of benzene rings is 2. The number of furan rings is 2. The first-order valence-electron chi connectivity index (χ1n) is 11.6. The average molecular weight is 498 g/mol. The van der Waals surface area contributed by atoms with Crippen LogP contribution in [0.25, 0.3) is 33.9 Å². The van der Waals surface area contributed by atoms with E-state index >= 15 is 0 Å². The summed E-state index contributed by atoms with van der Waals surface area (Å²) in [6, 6.07) is 18.9. The number of para-hydroxylation sites is 2. The highest BCUT2D eigenvalue weighted by atomic mass is 16.5. The van der Waals surface area contributed by atoms with Crippen molar-refractivity contribution in [1.29, 1.82) is 0 Å². The summed E-state index contributed by atoms with van der Waals surface area (Å²) in [7, 11) is 1.51. The Balaban J connectivity index is 1.41. The summed E-state index contributed by atoms with van der Waals surface area (Å²) in [4.78, 5) is 35.2. The van der Waals surface area contributed by atoms with Crippen molar-refractivity contribution in [1.82, 2.24) is 9.97 Å². The van der Waals surface area contributed by atoms with Crippen molar-refractivity contribution in [3.63, 3.8) is 0 Å². The Kier molecular flexibility index (Phi) is 6.67. The molecule has 9 heteroatoms. The summed E-state index contributed by atoms with van der Waals surface area (Å²) in [5, 5.41) is 2.76. The molecule has 0 aliphatic rings. The number of amides is 1. The van der Waals surface area contributed by atoms with Crippen LogP contribution in [0.3, 0.4) is 0 Å². The predicted molar refractivity (Wildman–Crippen MR) is 136 cm³/mol. The van der Waals surface area contributed by atoms with E-state index in [0.29, 0.717) is 45.4 Å². The summed E-state index contributed by atoms with van der Waals surface area (Å²) >= 11 is 0. The maximum atomic E-state index is 13.0. The van der Waals surface area contributed by atoms with Crippen LogP contribution in [0, 0.1) is 0 Å². The van der Waals surface area contributed by atoms with Gasteiger partial charge >= 0.3 is 5.97 Å². The minimum Gasteiger partial charge on any atom is -0.495 e. The van der Waals surface area contributed by atoms with E-state index in [9.17, 15) is 9.59 Å². The van der Waals surface area contributed by atoms with Gasteiger partial charge < -0.3 is 23.6 Å². The molecule has 0 spiro atoms. The molecule has 5 rings (SSSR count). The third kappa shape index (κ3) is 4.92. The first-order valence-corrected chi connectivity index (χ1v) is 11.6. The number of hydrogen-bond donors (Lipinski definition) is 1. The van der Waals surface area contributed by atoms with Crippen LogP contribution in [0.1, 0.15) is 23.7 Å². The summed E-state index contributed by atoms with van der Waals surface area (Å²) < 4.78 is 21.9. The number of hydrogen-bond acceptors (Lipinski definition) is 8. The van der Waals surface area contributed by atoms with Crippen molar-refractivity contribution in [3.05, 3.63) is 84.8 Å². The van der Waals surface area contributed by atoms with Crippen LogP contribution >= 0.6 is 0 Å². The Labute approximate surface area is 212 Å². The molecule has 1 unspecified atom stereocenters. The molecule has 1 amide bonds. The quantitative estimate of drug-likeness (QED) is 0.270. The number of anilines is 1. The van der Waals surface area contributed by atoms with E-state index in [4.69, 9.17) is 28.3 Å². The van der Waals surface area contributed by atoms with Gasteiger partial charge in [-0.15, -0.1) is 0 Å². The second kappa shape index (κ2) is 10.4. The molecule has 186 valence electrons. The highest BCUT2D eigenvalue weighted by molar-refractivity contribution is 5.99. The smallest absolute Gasteiger partial charge is 0.338 e. The number of aromatic nitrogens is 2. The average Bonchev–Trinajstić information content (AvgIpc) is 3.66. The molecule has 9 nitrogen and oxygen atoms in total. The van der Waals surface area contributed by atoms with Gasteiger partial charge in [-0.2, -0.15) is 0 Å². The molecule has 0 fully saturated rings. The number of esters is 1. The lowest BCUT2D eigenvalue weighted by Crippen LogP contribution is -2.32. The zero-order valence-electron chi connectivity index (χ0n) is 20.1. The summed E-state index contributed by atoms with van der Waals surface area (Å²) in [6.07, 6.45) is 2.39. The lowest BCUT2D eigenvalue weighted by atomic mass is 10.1. The minimum atomic E-state index is -1.00. The van der Waals surface area contributed by atoms with E-state index in [0.717, 1.165) is 0 Å². The Morgan fingerprint density at radius 1 is 0.892 bits per heavy atom. The second-order valence-electron chi connectivity index (χ2n) is 8.07. The van der Waals surface area contributed by atoms with E-state index in [1.165, 1.54) is 7.11 Å². The van der Waals surface area contributed by atoms with Crippen molar-refractivity contribution in [3.8, 4) is 28.7 Å². The number of nitrogens with one attached hydrogen (secondary N) is 1. The van der Waals surface area contributed by atoms with Gasteiger partial charge in [0.2, 0.25) is 0 Å². The molecule has 3 aromatic heterocycles. The van der Waals surface area contributed by atoms with Crippen molar-refractivity contribution in [2.45, 2.75) is 19.4 Å². The molecule has 0 bridgehead atoms. The zero-order chi connectivity index (χ0) is 25.8. The number of fused-ring (bicyclic) bond motifs is 1. The zero-order valence-corrected chi connectivity index (χ0v) is 20.1.